The summed E-state index contributed by atoms with van der Waals surface area (Å²) in [6.45, 7) is 5.20. The zero-order chi connectivity index (χ0) is 14.3. The van der Waals surface area contributed by atoms with E-state index in [9.17, 15) is 8.42 Å². The first-order valence-corrected chi connectivity index (χ1v) is 8.37. The number of hydrogen-bond acceptors (Lipinski definition) is 3. The third-order valence-electron chi connectivity index (χ3n) is 3.07. The number of primary sulfonamides is 1. The molecular weight excluding hydrogens is 260 g/mol. The number of hydrogen-bond donors (Lipinski definition) is 2. The van der Waals surface area contributed by atoms with Gasteiger partial charge in [-0.25, -0.2) is 13.6 Å². The van der Waals surface area contributed by atoms with Crippen molar-refractivity contribution in [1.29, 1.82) is 0 Å². The number of nitrogens with two attached hydrogens (primary N) is 1. The van der Waals surface area contributed by atoms with Gasteiger partial charge in [-0.05, 0) is 37.4 Å². The second-order valence-corrected chi connectivity index (χ2v) is 6.33. The zero-order valence-electron chi connectivity index (χ0n) is 11.7. The minimum absolute atomic E-state index is 0.245. The Hall–Kier alpha value is -0.910. The highest BCUT2D eigenvalue weighted by atomic mass is 32.2. The molecule has 0 aliphatic carbocycles. The van der Waals surface area contributed by atoms with Gasteiger partial charge in [0.2, 0.25) is 10.0 Å². The van der Waals surface area contributed by atoms with Crippen LogP contribution in [0.15, 0.2) is 29.2 Å². The van der Waals surface area contributed by atoms with Crippen LogP contribution in [0.1, 0.15) is 38.7 Å². The SMILES string of the molecule is CCCNC(CCC)Cc1ccccc1S(N)(=O)=O. The molecule has 1 rings (SSSR count). The maximum absolute atomic E-state index is 11.6. The van der Waals surface area contributed by atoms with E-state index in [2.05, 4.69) is 19.2 Å². The van der Waals surface area contributed by atoms with Crippen molar-refractivity contribution in [2.75, 3.05) is 6.54 Å². The van der Waals surface area contributed by atoms with Gasteiger partial charge >= 0.3 is 0 Å². The van der Waals surface area contributed by atoms with Gasteiger partial charge in [0, 0.05) is 6.04 Å². The monoisotopic (exact) mass is 284 g/mol. The van der Waals surface area contributed by atoms with E-state index < -0.39 is 10.0 Å². The van der Waals surface area contributed by atoms with E-state index in [0.29, 0.717) is 12.5 Å². The lowest BCUT2D eigenvalue weighted by molar-refractivity contribution is 0.470. The number of sulfonamides is 1. The molecule has 1 atom stereocenters. The minimum atomic E-state index is -3.64. The summed E-state index contributed by atoms with van der Waals surface area (Å²) in [5.41, 5.74) is 0.798. The Morgan fingerprint density at radius 1 is 1.21 bits per heavy atom. The van der Waals surface area contributed by atoms with E-state index in [4.69, 9.17) is 5.14 Å². The van der Waals surface area contributed by atoms with Crippen LogP contribution in [-0.4, -0.2) is 21.0 Å². The Bertz CT molecular complexity index is 486. The molecule has 0 saturated carbocycles. The molecule has 0 bridgehead atoms. The van der Waals surface area contributed by atoms with Crippen LogP contribution in [-0.2, 0) is 16.4 Å². The molecule has 0 spiro atoms. The molecule has 5 heteroatoms. The molecule has 1 unspecified atom stereocenters. The molecule has 108 valence electrons. The Kier molecular flexibility index (Phi) is 6.48. The predicted octanol–water partition coefficient (Wildman–Crippen LogP) is 2.04. The van der Waals surface area contributed by atoms with E-state index in [0.717, 1.165) is 31.4 Å². The first kappa shape index (κ1) is 16.1. The third kappa shape index (κ3) is 5.30. The van der Waals surface area contributed by atoms with Crippen molar-refractivity contribution in [3.63, 3.8) is 0 Å². The van der Waals surface area contributed by atoms with Crippen molar-refractivity contribution in [2.45, 2.75) is 50.5 Å². The quantitative estimate of drug-likeness (QED) is 0.767. The molecule has 0 heterocycles. The maximum atomic E-state index is 11.6. The van der Waals surface area contributed by atoms with E-state index in [-0.39, 0.29) is 4.90 Å². The highest BCUT2D eigenvalue weighted by Crippen LogP contribution is 2.17. The van der Waals surface area contributed by atoms with Crippen LogP contribution in [0.3, 0.4) is 0 Å². The normalized spacial score (nSPS) is 13.4. The van der Waals surface area contributed by atoms with Crippen molar-refractivity contribution in [3.8, 4) is 0 Å². The molecule has 0 aliphatic heterocycles. The third-order valence-corrected chi connectivity index (χ3v) is 4.08. The largest absolute Gasteiger partial charge is 0.314 e. The van der Waals surface area contributed by atoms with Gasteiger partial charge in [0.05, 0.1) is 4.90 Å². The van der Waals surface area contributed by atoms with Crippen LogP contribution < -0.4 is 10.5 Å². The van der Waals surface area contributed by atoms with Crippen LogP contribution in [0.4, 0.5) is 0 Å². The maximum Gasteiger partial charge on any atom is 0.238 e. The Morgan fingerprint density at radius 3 is 2.47 bits per heavy atom. The summed E-state index contributed by atoms with van der Waals surface area (Å²) >= 11 is 0. The van der Waals surface area contributed by atoms with Crippen molar-refractivity contribution in [3.05, 3.63) is 29.8 Å². The van der Waals surface area contributed by atoms with Crippen LogP contribution >= 0.6 is 0 Å². The lowest BCUT2D eigenvalue weighted by atomic mass is 10.0. The Morgan fingerprint density at radius 2 is 1.89 bits per heavy atom. The van der Waals surface area contributed by atoms with Gasteiger partial charge in [0.15, 0.2) is 0 Å². The summed E-state index contributed by atoms with van der Waals surface area (Å²) in [7, 11) is -3.64. The molecule has 0 saturated heterocycles. The topological polar surface area (TPSA) is 72.2 Å². The van der Waals surface area contributed by atoms with Gasteiger partial charge < -0.3 is 5.32 Å². The molecule has 0 aromatic heterocycles. The lowest BCUT2D eigenvalue weighted by Crippen LogP contribution is -2.32. The fraction of sp³-hybridized carbons (Fsp3) is 0.571. The first-order valence-electron chi connectivity index (χ1n) is 6.83. The molecule has 19 heavy (non-hydrogen) atoms. The molecule has 4 nitrogen and oxygen atoms in total. The molecular formula is C14H24N2O2S. The van der Waals surface area contributed by atoms with Crippen molar-refractivity contribution in [2.24, 2.45) is 5.14 Å². The first-order chi connectivity index (χ1) is 8.99. The molecule has 3 N–H and O–H groups in total. The van der Waals surface area contributed by atoms with Gasteiger partial charge in [-0.15, -0.1) is 0 Å². The second-order valence-electron chi connectivity index (χ2n) is 4.80. The smallest absolute Gasteiger partial charge is 0.238 e. The van der Waals surface area contributed by atoms with Gasteiger partial charge in [0.1, 0.15) is 0 Å². The van der Waals surface area contributed by atoms with Gasteiger partial charge in [-0.3, -0.25) is 0 Å². The van der Waals surface area contributed by atoms with Crippen LogP contribution in [0.25, 0.3) is 0 Å². The van der Waals surface area contributed by atoms with Crippen molar-refractivity contribution >= 4 is 10.0 Å². The molecule has 0 fully saturated rings. The standard InChI is InChI=1S/C14H24N2O2S/c1-3-7-13(16-10-4-2)11-12-8-5-6-9-14(12)19(15,17)18/h5-6,8-9,13,16H,3-4,7,10-11H2,1-2H3,(H2,15,17,18). The van der Waals surface area contributed by atoms with Crippen LogP contribution in [0, 0.1) is 0 Å². The summed E-state index contributed by atoms with van der Waals surface area (Å²) in [4.78, 5) is 0.245. The number of nitrogens with one attached hydrogen (secondary N) is 1. The van der Waals surface area contributed by atoms with E-state index in [1.807, 2.05) is 12.1 Å². The van der Waals surface area contributed by atoms with E-state index in [1.54, 1.807) is 12.1 Å². The summed E-state index contributed by atoms with van der Waals surface area (Å²) in [6.07, 6.45) is 3.86. The fourth-order valence-electron chi connectivity index (χ4n) is 2.19. The molecule has 0 aliphatic rings. The number of rotatable bonds is 8. The summed E-state index contributed by atoms with van der Waals surface area (Å²) in [5, 5.41) is 8.72. The minimum Gasteiger partial charge on any atom is -0.314 e. The van der Waals surface area contributed by atoms with Crippen molar-refractivity contribution in [1.82, 2.24) is 5.32 Å². The predicted molar refractivity (Wildman–Crippen MR) is 78.5 cm³/mol. The van der Waals surface area contributed by atoms with E-state index in [1.165, 1.54) is 0 Å². The van der Waals surface area contributed by atoms with Crippen molar-refractivity contribution < 1.29 is 8.42 Å². The van der Waals surface area contributed by atoms with E-state index >= 15 is 0 Å². The average Bonchev–Trinajstić information content (AvgIpc) is 2.35. The fourth-order valence-corrected chi connectivity index (χ4v) is 2.97. The van der Waals surface area contributed by atoms with Crippen LogP contribution in [0.5, 0.6) is 0 Å². The molecule has 0 amide bonds. The summed E-state index contributed by atoms with van der Waals surface area (Å²) in [6, 6.07) is 7.28. The zero-order valence-corrected chi connectivity index (χ0v) is 12.5. The van der Waals surface area contributed by atoms with Gasteiger partial charge in [-0.1, -0.05) is 38.5 Å². The Balaban J connectivity index is 2.90. The summed E-state index contributed by atoms with van der Waals surface area (Å²) in [5.74, 6) is 0. The average molecular weight is 284 g/mol. The highest BCUT2D eigenvalue weighted by molar-refractivity contribution is 7.89. The lowest BCUT2D eigenvalue weighted by Gasteiger charge is -2.19. The molecule has 1 aromatic rings. The Labute approximate surface area is 116 Å². The van der Waals surface area contributed by atoms with Gasteiger partial charge in [-0.2, -0.15) is 0 Å². The molecule has 0 radical (unpaired) electrons. The molecule has 1 aromatic carbocycles. The second kappa shape index (κ2) is 7.62. The number of benzene rings is 1. The van der Waals surface area contributed by atoms with Crippen LogP contribution in [0.2, 0.25) is 0 Å². The van der Waals surface area contributed by atoms with Gasteiger partial charge in [0.25, 0.3) is 0 Å². The summed E-state index contributed by atoms with van der Waals surface area (Å²) < 4.78 is 23.1. The highest BCUT2D eigenvalue weighted by Gasteiger charge is 2.16.